The smallest absolute Gasteiger partial charge is 0.335 e. The van der Waals surface area contributed by atoms with Crippen molar-refractivity contribution in [2.45, 2.75) is 20.8 Å². The van der Waals surface area contributed by atoms with E-state index in [1.165, 1.54) is 30.3 Å². The van der Waals surface area contributed by atoms with E-state index in [9.17, 15) is 19.2 Å². The lowest BCUT2D eigenvalue weighted by Gasteiger charge is -2.26. The van der Waals surface area contributed by atoms with Crippen LogP contribution in [-0.4, -0.2) is 37.0 Å². The summed E-state index contributed by atoms with van der Waals surface area (Å²) in [6, 6.07) is 14.2. The lowest BCUT2D eigenvalue weighted by molar-refractivity contribution is -0.122. The van der Waals surface area contributed by atoms with Crippen LogP contribution in [0.2, 0.25) is 5.02 Å². The van der Waals surface area contributed by atoms with Crippen LogP contribution in [0.25, 0.3) is 6.08 Å². The first-order chi connectivity index (χ1) is 19.1. The monoisotopic (exact) mass is 673 g/mol. The molecule has 2 N–H and O–H groups in total. The summed E-state index contributed by atoms with van der Waals surface area (Å²) in [4.78, 5) is 51.8. The summed E-state index contributed by atoms with van der Waals surface area (Å²) < 4.78 is 12.2. The van der Waals surface area contributed by atoms with Crippen molar-refractivity contribution in [3.05, 3.63) is 85.5 Å². The fraction of sp³-hybridized carbons (Fsp3) is 0.172. The van der Waals surface area contributed by atoms with Crippen molar-refractivity contribution in [2.24, 2.45) is 0 Å². The maximum atomic E-state index is 13.2. The highest BCUT2D eigenvalue weighted by atomic mass is 127. The molecule has 0 unspecified atom stereocenters. The molecule has 0 bridgehead atoms. The first kappa shape index (κ1) is 29.1. The van der Waals surface area contributed by atoms with Gasteiger partial charge in [-0.3, -0.25) is 19.7 Å². The number of imide groups is 2. The van der Waals surface area contributed by atoms with Crippen LogP contribution >= 0.6 is 34.2 Å². The summed E-state index contributed by atoms with van der Waals surface area (Å²) in [5.74, 6) is -1.27. The van der Waals surface area contributed by atoms with E-state index in [4.69, 9.17) is 21.1 Å². The maximum Gasteiger partial charge on any atom is 0.335 e. The van der Waals surface area contributed by atoms with Gasteiger partial charge in [-0.1, -0.05) is 23.7 Å². The second-order valence-corrected chi connectivity index (χ2v) is 10.4. The number of hydrogen-bond acceptors (Lipinski definition) is 6. The Kier molecular flexibility index (Phi) is 9.10. The summed E-state index contributed by atoms with van der Waals surface area (Å²) in [7, 11) is 0. The molecule has 0 aromatic heterocycles. The number of aryl methyl sites for hydroxylation is 1. The fourth-order valence-electron chi connectivity index (χ4n) is 3.93. The fourth-order valence-corrected chi connectivity index (χ4v) is 4.84. The van der Waals surface area contributed by atoms with Gasteiger partial charge in [-0.05, 0) is 109 Å². The van der Waals surface area contributed by atoms with Crippen molar-refractivity contribution in [1.29, 1.82) is 0 Å². The maximum absolute atomic E-state index is 13.2. The van der Waals surface area contributed by atoms with E-state index >= 15 is 0 Å². The number of anilines is 2. The average molecular weight is 674 g/mol. The first-order valence-corrected chi connectivity index (χ1v) is 13.7. The topological polar surface area (TPSA) is 114 Å². The quantitative estimate of drug-likeness (QED) is 0.182. The number of barbiturate groups is 1. The highest BCUT2D eigenvalue weighted by molar-refractivity contribution is 14.1. The van der Waals surface area contributed by atoms with Crippen LogP contribution in [0.5, 0.6) is 11.5 Å². The number of urea groups is 1. The van der Waals surface area contributed by atoms with Crippen LogP contribution in [0, 0.1) is 17.4 Å². The van der Waals surface area contributed by atoms with Gasteiger partial charge in [-0.2, -0.15) is 0 Å². The second-order valence-electron chi connectivity index (χ2n) is 8.78. The molecule has 0 atom stereocenters. The van der Waals surface area contributed by atoms with Crippen molar-refractivity contribution in [3.63, 3.8) is 0 Å². The Bertz CT molecular complexity index is 1540. The Morgan fingerprint density at radius 2 is 1.80 bits per heavy atom. The molecule has 206 valence electrons. The number of carbonyl (C=O) groups excluding carboxylic acids is 4. The Labute approximate surface area is 249 Å². The molecule has 0 radical (unpaired) electrons. The predicted octanol–water partition coefficient (Wildman–Crippen LogP) is 5.64. The molecule has 1 saturated heterocycles. The molecule has 9 nitrogen and oxygen atoms in total. The molecule has 3 aromatic rings. The molecule has 11 heteroatoms. The summed E-state index contributed by atoms with van der Waals surface area (Å²) in [6.07, 6.45) is 1.37. The summed E-state index contributed by atoms with van der Waals surface area (Å²) >= 11 is 7.95. The van der Waals surface area contributed by atoms with Crippen LogP contribution in [-0.2, 0) is 14.4 Å². The lowest BCUT2D eigenvalue weighted by Crippen LogP contribution is -2.54. The van der Waals surface area contributed by atoms with Crippen LogP contribution in [0.4, 0.5) is 16.2 Å². The minimum Gasteiger partial charge on any atom is -0.490 e. The Morgan fingerprint density at radius 3 is 2.50 bits per heavy atom. The van der Waals surface area contributed by atoms with Crippen molar-refractivity contribution in [1.82, 2.24) is 5.32 Å². The summed E-state index contributed by atoms with van der Waals surface area (Å²) in [5, 5.41) is 5.48. The molecule has 1 fully saturated rings. The molecular formula is C29H25ClIN3O6. The second kappa shape index (κ2) is 12.5. The van der Waals surface area contributed by atoms with Crippen molar-refractivity contribution >= 4 is 75.4 Å². The van der Waals surface area contributed by atoms with E-state index < -0.39 is 17.8 Å². The van der Waals surface area contributed by atoms with Gasteiger partial charge in [-0.25, -0.2) is 9.69 Å². The van der Waals surface area contributed by atoms with Gasteiger partial charge in [0.25, 0.3) is 17.7 Å². The predicted molar refractivity (Wildman–Crippen MR) is 161 cm³/mol. The number of amides is 5. The third-order valence-corrected chi connectivity index (χ3v) is 7.11. The van der Waals surface area contributed by atoms with Crippen molar-refractivity contribution in [3.8, 4) is 11.5 Å². The van der Waals surface area contributed by atoms with Gasteiger partial charge in [0, 0.05) is 10.7 Å². The van der Waals surface area contributed by atoms with Gasteiger partial charge < -0.3 is 14.8 Å². The van der Waals surface area contributed by atoms with E-state index in [1.54, 1.807) is 19.1 Å². The van der Waals surface area contributed by atoms with Crippen molar-refractivity contribution in [2.75, 3.05) is 23.4 Å². The molecule has 0 aliphatic carbocycles. The third-order valence-electron chi connectivity index (χ3n) is 6.06. The minimum absolute atomic E-state index is 0.241. The molecule has 5 amide bonds. The van der Waals surface area contributed by atoms with Crippen molar-refractivity contribution < 1.29 is 28.7 Å². The van der Waals surface area contributed by atoms with Gasteiger partial charge in [0.2, 0.25) is 0 Å². The molecule has 40 heavy (non-hydrogen) atoms. The number of nitrogens with zero attached hydrogens (tertiary/aromatic N) is 1. The molecule has 1 aliphatic rings. The zero-order valence-electron chi connectivity index (χ0n) is 21.8. The number of rotatable bonds is 8. The highest BCUT2D eigenvalue weighted by Crippen LogP contribution is 2.35. The molecule has 0 spiro atoms. The number of nitrogens with one attached hydrogen (secondary N) is 2. The van der Waals surface area contributed by atoms with Crippen LogP contribution < -0.4 is 25.0 Å². The van der Waals surface area contributed by atoms with E-state index in [1.807, 2.05) is 54.6 Å². The van der Waals surface area contributed by atoms with Gasteiger partial charge in [0.15, 0.2) is 18.1 Å². The molecule has 0 saturated carbocycles. The van der Waals surface area contributed by atoms with Crippen LogP contribution in [0.3, 0.4) is 0 Å². The van der Waals surface area contributed by atoms with E-state index in [-0.39, 0.29) is 23.8 Å². The average Bonchev–Trinajstić information content (AvgIpc) is 2.90. The van der Waals surface area contributed by atoms with E-state index in [2.05, 4.69) is 10.6 Å². The lowest BCUT2D eigenvalue weighted by atomic mass is 10.1. The normalized spacial score (nSPS) is 14.3. The zero-order chi connectivity index (χ0) is 29.0. The molecule has 3 aromatic carbocycles. The molecular weight excluding hydrogens is 649 g/mol. The number of benzene rings is 3. The van der Waals surface area contributed by atoms with Crippen LogP contribution in [0.15, 0.2) is 60.2 Å². The largest absolute Gasteiger partial charge is 0.490 e. The van der Waals surface area contributed by atoms with E-state index in [0.29, 0.717) is 37.9 Å². The summed E-state index contributed by atoms with van der Waals surface area (Å²) in [5.41, 5.74) is 3.21. The Hall–Kier alpha value is -3.90. The van der Waals surface area contributed by atoms with Gasteiger partial charge in [0.05, 0.1) is 15.9 Å². The Balaban J connectivity index is 1.58. The SMILES string of the molecule is CCOc1cc(/C=C2/C(=O)NC(=O)N(c3ccc(Cl)cc3)C2=O)cc(I)c1OCC(=O)Nc1cccc(C)c1C. The van der Waals surface area contributed by atoms with E-state index in [0.717, 1.165) is 16.0 Å². The summed E-state index contributed by atoms with van der Waals surface area (Å²) in [6.45, 7) is 5.73. The highest BCUT2D eigenvalue weighted by Gasteiger charge is 2.36. The Morgan fingerprint density at radius 1 is 1.07 bits per heavy atom. The molecule has 1 aliphatic heterocycles. The van der Waals surface area contributed by atoms with Crippen LogP contribution in [0.1, 0.15) is 23.6 Å². The van der Waals surface area contributed by atoms with Gasteiger partial charge >= 0.3 is 6.03 Å². The van der Waals surface area contributed by atoms with Gasteiger partial charge in [-0.15, -0.1) is 0 Å². The first-order valence-electron chi connectivity index (χ1n) is 12.2. The number of ether oxygens (including phenoxy) is 2. The number of carbonyl (C=O) groups is 4. The molecule has 1 heterocycles. The number of hydrogen-bond donors (Lipinski definition) is 2. The standard InChI is InChI=1S/C29H25ClIN3O6/c1-4-39-24-14-18(12-21-27(36)33-29(38)34(28(21)37)20-10-8-19(30)9-11-20)13-22(31)26(24)40-15-25(35)32-23-7-5-6-16(2)17(23)3/h5-14H,4,15H2,1-3H3,(H,32,35)(H,33,36,38)/b21-12-. The molecule has 4 rings (SSSR count). The van der Waals surface area contributed by atoms with Gasteiger partial charge in [0.1, 0.15) is 5.57 Å². The minimum atomic E-state index is -0.859. The third kappa shape index (κ3) is 6.45. The number of halogens is 2. The zero-order valence-corrected chi connectivity index (χ0v) is 24.8.